The zero-order valence-electron chi connectivity index (χ0n) is 14.8. The smallest absolute Gasteiger partial charge is 0.315 e. The van der Waals surface area contributed by atoms with E-state index in [2.05, 4.69) is 20.5 Å². The molecule has 7 nitrogen and oxygen atoms in total. The number of nitrogens with zero attached hydrogens (tertiary/aromatic N) is 2. The van der Waals surface area contributed by atoms with Gasteiger partial charge in [-0.3, -0.25) is 4.79 Å². The predicted molar refractivity (Wildman–Crippen MR) is 99.2 cm³/mol. The van der Waals surface area contributed by atoms with E-state index in [1.54, 1.807) is 0 Å². The summed E-state index contributed by atoms with van der Waals surface area (Å²) in [7, 11) is 0. The van der Waals surface area contributed by atoms with Crippen LogP contribution in [-0.2, 0) is 4.79 Å². The maximum atomic E-state index is 14.3. The van der Waals surface area contributed by atoms with Gasteiger partial charge in [0.1, 0.15) is 17.5 Å². The Morgan fingerprint density at radius 1 is 1.10 bits per heavy atom. The third-order valence-electron chi connectivity index (χ3n) is 4.24. The van der Waals surface area contributed by atoms with Crippen LogP contribution in [0.1, 0.15) is 6.42 Å². The van der Waals surface area contributed by atoms with Crippen molar-refractivity contribution in [3.05, 3.63) is 53.8 Å². The Labute approximate surface area is 161 Å². The van der Waals surface area contributed by atoms with Gasteiger partial charge >= 0.3 is 6.01 Å². The molecule has 0 aliphatic carbocycles. The van der Waals surface area contributed by atoms with Gasteiger partial charge in [0, 0.05) is 24.4 Å². The molecule has 0 bridgehead atoms. The van der Waals surface area contributed by atoms with E-state index in [0.717, 1.165) is 12.1 Å². The van der Waals surface area contributed by atoms with Gasteiger partial charge in [-0.15, -0.1) is 5.10 Å². The Kier molecular flexibility index (Phi) is 4.67. The highest BCUT2D eigenvalue weighted by Gasteiger charge is 2.23. The summed E-state index contributed by atoms with van der Waals surface area (Å²) in [6.45, 7) is 0.179. The molecule has 10 heteroatoms. The Hall–Kier alpha value is -3.82. The van der Waals surface area contributed by atoms with Gasteiger partial charge in [0.25, 0.3) is 5.89 Å². The van der Waals surface area contributed by atoms with E-state index in [1.807, 2.05) is 0 Å². The van der Waals surface area contributed by atoms with Crippen molar-refractivity contribution in [2.24, 2.45) is 5.73 Å². The quantitative estimate of drug-likeness (QED) is 0.457. The monoisotopic (exact) mass is 401 g/mol. The minimum absolute atomic E-state index is 0.0116. The molecule has 0 fully saturated rings. The van der Waals surface area contributed by atoms with Crippen molar-refractivity contribution >= 4 is 22.8 Å². The predicted octanol–water partition coefficient (Wildman–Crippen LogP) is 3.59. The summed E-state index contributed by atoms with van der Waals surface area (Å²) < 4.78 is 47.1. The van der Waals surface area contributed by atoms with Crippen molar-refractivity contribution in [3.8, 4) is 22.7 Å². The lowest BCUT2D eigenvalue weighted by Gasteiger charge is -2.02. The first-order valence-electron chi connectivity index (χ1n) is 8.55. The van der Waals surface area contributed by atoms with Gasteiger partial charge in [-0.2, -0.15) is 0 Å². The number of aromatic amines is 1. The Morgan fingerprint density at radius 2 is 1.86 bits per heavy atom. The second kappa shape index (κ2) is 7.30. The van der Waals surface area contributed by atoms with E-state index < -0.39 is 23.4 Å². The first kappa shape index (κ1) is 18.5. The Bertz CT molecular complexity index is 1200. The number of carbonyl (C=O) groups is 1. The van der Waals surface area contributed by atoms with E-state index in [-0.39, 0.29) is 41.3 Å². The first-order valence-corrected chi connectivity index (χ1v) is 8.55. The Balaban J connectivity index is 1.84. The van der Waals surface area contributed by atoms with Crippen molar-refractivity contribution in [1.29, 1.82) is 0 Å². The molecule has 0 aliphatic heterocycles. The molecule has 0 radical (unpaired) electrons. The highest BCUT2D eigenvalue weighted by molar-refractivity contribution is 6.02. The number of hydrogen-bond donors (Lipinski definition) is 3. The maximum absolute atomic E-state index is 14.3. The number of halogens is 3. The number of nitrogens with two attached hydrogens (primary N) is 1. The molecular weight excluding hydrogens is 387 g/mol. The fourth-order valence-electron chi connectivity index (χ4n) is 2.96. The summed E-state index contributed by atoms with van der Waals surface area (Å²) in [5.74, 6) is -2.53. The van der Waals surface area contributed by atoms with E-state index in [9.17, 15) is 18.0 Å². The average molecular weight is 401 g/mol. The number of H-pyrrole nitrogens is 1. The molecule has 0 atom stereocenters. The largest absolute Gasteiger partial charge is 0.403 e. The third-order valence-corrected chi connectivity index (χ3v) is 4.24. The zero-order valence-corrected chi connectivity index (χ0v) is 14.8. The summed E-state index contributed by atoms with van der Waals surface area (Å²) >= 11 is 0. The molecule has 2 heterocycles. The van der Waals surface area contributed by atoms with Crippen LogP contribution < -0.4 is 11.1 Å². The van der Waals surface area contributed by atoms with E-state index in [1.165, 1.54) is 24.3 Å². The number of hydrogen-bond acceptors (Lipinski definition) is 5. The van der Waals surface area contributed by atoms with Crippen LogP contribution in [0.3, 0.4) is 0 Å². The van der Waals surface area contributed by atoms with Crippen LogP contribution in [0.2, 0.25) is 0 Å². The fraction of sp³-hybridized carbons (Fsp3) is 0.105. The zero-order chi connectivity index (χ0) is 20.5. The van der Waals surface area contributed by atoms with Gasteiger partial charge in [-0.25, -0.2) is 13.2 Å². The highest BCUT2D eigenvalue weighted by Crippen LogP contribution is 2.39. The molecule has 4 rings (SSSR count). The molecule has 148 valence electrons. The molecule has 0 aliphatic rings. The van der Waals surface area contributed by atoms with Crippen LogP contribution in [-0.4, -0.2) is 27.6 Å². The van der Waals surface area contributed by atoms with Crippen molar-refractivity contribution < 1.29 is 22.4 Å². The summed E-state index contributed by atoms with van der Waals surface area (Å²) in [6.07, 6.45) is 0.0576. The van der Waals surface area contributed by atoms with Crippen LogP contribution in [0, 0.1) is 17.5 Å². The lowest BCUT2D eigenvalue weighted by atomic mass is 10.0. The highest BCUT2D eigenvalue weighted by atomic mass is 19.1. The molecule has 4 N–H and O–H groups in total. The van der Waals surface area contributed by atoms with E-state index >= 15 is 0 Å². The summed E-state index contributed by atoms with van der Waals surface area (Å²) in [5, 5.41) is 10.7. The number of fused-ring (bicyclic) bond motifs is 1. The molecule has 0 unspecified atom stereocenters. The molecule has 2 aromatic heterocycles. The molecule has 0 spiro atoms. The molecule has 0 saturated carbocycles. The number of nitrogens with one attached hydrogen (secondary N) is 2. The fourth-order valence-corrected chi connectivity index (χ4v) is 2.96. The number of amides is 1. The molecule has 29 heavy (non-hydrogen) atoms. The minimum atomic E-state index is -0.797. The van der Waals surface area contributed by atoms with Gasteiger partial charge in [0.2, 0.25) is 5.91 Å². The number of benzene rings is 2. The van der Waals surface area contributed by atoms with E-state index in [4.69, 9.17) is 10.2 Å². The lowest BCUT2D eigenvalue weighted by molar-refractivity contribution is -0.117. The van der Waals surface area contributed by atoms with Gasteiger partial charge < -0.3 is 20.5 Å². The normalized spacial score (nSPS) is 11.1. The second-order valence-corrected chi connectivity index (χ2v) is 6.25. The summed E-state index contributed by atoms with van der Waals surface area (Å²) in [6, 6.07) is 7.36. The second-order valence-electron chi connectivity index (χ2n) is 6.25. The van der Waals surface area contributed by atoms with Crippen LogP contribution in [0.25, 0.3) is 33.6 Å². The van der Waals surface area contributed by atoms with Crippen molar-refractivity contribution in [2.75, 3.05) is 11.9 Å². The SMILES string of the molecule is NC(=O)CCNc1nnc(-c2c(-c3ccc(F)cc3)[nH]c3c(F)cc(F)cc23)o1. The van der Waals surface area contributed by atoms with Gasteiger partial charge in [-0.05, 0) is 35.9 Å². The standard InChI is InChI=1S/C19H14F3N5O2/c20-10-3-1-9(2-4-10)16-15(12-7-11(21)8-13(22)17(12)25-16)18-26-27-19(29-18)24-6-5-14(23)28/h1-4,7-8,25H,5-6H2,(H2,23,28)(H,24,27). The third kappa shape index (κ3) is 3.64. The summed E-state index contributed by atoms with van der Waals surface area (Å²) in [5.41, 5.74) is 6.26. The first-order chi connectivity index (χ1) is 13.9. The molecular formula is C19H14F3N5O2. The number of primary amides is 1. The van der Waals surface area contributed by atoms with Gasteiger partial charge in [-0.1, -0.05) is 5.10 Å². The van der Waals surface area contributed by atoms with Crippen LogP contribution in [0.15, 0.2) is 40.8 Å². The number of carbonyl (C=O) groups excluding carboxylic acids is 1. The van der Waals surface area contributed by atoms with Crippen molar-refractivity contribution in [3.63, 3.8) is 0 Å². The number of aromatic nitrogens is 3. The van der Waals surface area contributed by atoms with Gasteiger partial charge in [0.15, 0.2) is 0 Å². The lowest BCUT2D eigenvalue weighted by Crippen LogP contribution is -2.15. The number of rotatable bonds is 6. The minimum Gasteiger partial charge on any atom is -0.403 e. The van der Waals surface area contributed by atoms with Crippen LogP contribution in [0.4, 0.5) is 19.2 Å². The molecule has 1 amide bonds. The topological polar surface area (TPSA) is 110 Å². The van der Waals surface area contributed by atoms with Crippen LogP contribution >= 0.6 is 0 Å². The molecule has 4 aromatic rings. The van der Waals surface area contributed by atoms with Crippen LogP contribution in [0.5, 0.6) is 0 Å². The van der Waals surface area contributed by atoms with Gasteiger partial charge in [0.05, 0.1) is 16.8 Å². The number of anilines is 1. The maximum Gasteiger partial charge on any atom is 0.315 e. The Morgan fingerprint density at radius 3 is 2.59 bits per heavy atom. The van der Waals surface area contributed by atoms with E-state index in [0.29, 0.717) is 11.3 Å². The molecule has 0 saturated heterocycles. The van der Waals surface area contributed by atoms with Crippen molar-refractivity contribution in [1.82, 2.24) is 15.2 Å². The molecule has 2 aromatic carbocycles. The summed E-state index contributed by atoms with van der Waals surface area (Å²) in [4.78, 5) is 13.7. The van der Waals surface area contributed by atoms with Crippen molar-refractivity contribution in [2.45, 2.75) is 6.42 Å². The average Bonchev–Trinajstić information content (AvgIpc) is 3.26.